The minimum atomic E-state index is 0.281. The van der Waals surface area contributed by atoms with E-state index in [-0.39, 0.29) is 6.10 Å². The second-order valence-electron chi connectivity index (χ2n) is 5.83. The van der Waals surface area contributed by atoms with Crippen LogP contribution in [-0.4, -0.2) is 28.4 Å². The van der Waals surface area contributed by atoms with Crippen molar-refractivity contribution in [2.75, 3.05) is 7.11 Å². The van der Waals surface area contributed by atoms with E-state index in [4.69, 9.17) is 9.47 Å². The van der Waals surface area contributed by atoms with Crippen LogP contribution in [0.3, 0.4) is 0 Å². The molecule has 0 spiro atoms. The third kappa shape index (κ3) is 3.24. The van der Waals surface area contributed by atoms with Crippen LogP contribution in [0.1, 0.15) is 44.2 Å². The van der Waals surface area contributed by atoms with Crippen LogP contribution in [0.4, 0.5) is 0 Å². The zero-order valence-electron chi connectivity index (χ0n) is 13.1. The number of aromatic nitrogens is 3. The number of H-pyrrole nitrogens is 1. The largest absolute Gasteiger partial charge is 0.502 e. The van der Waals surface area contributed by atoms with Crippen LogP contribution in [0.15, 0.2) is 24.6 Å². The number of rotatable bonds is 6. The molecule has 0 atom stereocenters. The lowest BCUT2D eigenvalue weighted by Gasteiger charge is -2.22. The normalized spacial score (nSPS) is 15.9. The number of allylic oxidation sites excluding steroid dienone is 1. The van der Waals surface area contributed by atoms with Gasteiger partial charge in [0, 0.05) is 18.3 Å². The summed E-state index contributed by atoms with van der Waals surface area (Å²) in [6.07, 6.45) is 9.62. The lowest BCUT2D eigenvalue weighted by atomic mass is 9.98. The Hall–Kier alpha value is -2.04. The van der Waals surface area contributed by atoms with Crippen molar-refractivity contribution < 1.29 is 9.47 Å². The summed E-state index contributed by atoms with van der Waals surface area (Å²) in [6, 6.07) is 1.91. The van der Waals surface area contributed by atoms with Crippen LogP contribution in [0.2, 0.25) is 0 Å². The molecule has 0 saturated heterocycles. The van der Waals surface area contributed by atoms with Gasteiger partial charge in [-0.25, -0.2) is 4.98 Å². The van der Waals surface area contributed by atoms with E-state index in [9.17, 15) is 0 Å². The Morgan fingerprint density at radius 1 is 1.36 bits per heavy atom. The molecule has 1 fully saturated rings. The van der Waals surface area contributed by atoms with Crippen LogP contribution in [0.5, 0.6) is 5.88 Å². The fourth-order valence-corrected chi connectivity index (χ4v) is 2.97. The van der Waals surface area contributed by atoms with Crippen LogP contribution in [-0.2, 0) is 11.2 Å². The molecule has 5 heteroatoms. The third-order valence-electron chi connectivity index (χ3n) is 4.28. The van der Waals surface area contributed by atoms with Crippen molar-refractivity contribution in [3.63, 3.8) is 0 Å². The standard InChI is InChI=1S/C17H23N3O2/c1-12(21-2)8-9-14-16-15(20-19-14)10-11-18-17(16)22-13-6-4-3-5-7-13/h10-11,13H,1,3-9H2,2H3,(H,19,20). The monoisotopic (exact) mass is 301 g/mol. The molecule has 0 aromatic carbocycles. The number of aryl methyl sites for hydroxylation is 1. The molecule has 0 aliphatic heterocycles. The van der Waals surface area contributed by atoms with Crippen LogP contribution in [0.25, 0.3) is 10.9 Å². The minimum absolute atomic E-state index is 0.281. The first-order valence-electron chi connectivity index (χ1n) is 7.98. The smallest absolute Gasteiger partial charge is 0.225 e. The average molecular weight is 301 g/mol. The van der Waals surface area contributed by atoms with E-state index in [0.717, 1.165) is 48.0 Å². The van der Waals surface area contributed by atoms with E-state index >= 15 is 0 Å². The molecule has 1 N–H and O–H groups in total. The number of hydrogen-bond acceptors (Lipinski definition) is 4. The predicted molar refractivity (Wildman–Crippen MR) is 85.9 cm³/mol. The summed E-state index contributed by atoms with van der Waals surface area (Å²) in [5, 5.41) is 8.46. The van der Waals surface area contributed by atoms with Gasteiger partial charge in [-0.15, -0.1) is 0 Å². The highest BCUT2D eigenvalue weighted by molar-refractivity contribution is 5.86. The summed E-state index contributed by atoms with van der Waals surface area (Å²) in [7, 11) is 1.65. The van der Waals surface area contributed by atoms with Gasteiger partial charge in [-0.1, -0.05) is 13.0 Å². The Morgan fingerprint density at radius 2 is 2.18 bits per heavy atom. The Kier molecular flexibility index (Phi) is 4.61. The van der Waals surface area contributed by atoms with E-state index in [1.165, 1.54) is 19.3 Å². The minimum Gasteiger partial charge on any atom is -0.502 e. The molecular formula is C17H23N3O2. The van der Waals surface area contributed by atoms with E-state index in [2.05, 4.69) is 21.8 Å². The van der Waals surface area contributed by atoms with E-state index in [1.807, 2.05) is 6.07 Å². The van der Waals surface area contributed by atoms with Crippen molar-refractivity contribution in [3.8, 4) is 5.88 Å². The highest BCUT2D eigenvalue weighted by Gasteiger charge is 2.19. The van der Waals surface area contributed by atoms with Crippen molar-refractivity contribution in [1.82, 2.24) is 15.2 Å². The maximum atomic E-state index is 6.18. The molecule has 3 rings (SSSR count). The number of fused-ring (bicyclic) bond motifs is 1. The number of methoxy groups -OCH3 is 1. The van der Waals surface area contributed by atoms with Gasteiger partial charge >= 0.3 is 0 Å². The van der Waals surface area contributed by atoms with Crippen molar-refractivity contribution in [2.45, 2.75) is 51.0 Å². The van der Waals surface area contributed by atoms with Crippen molar-refractivity contribution in [3.05, 3.63) is 30.3 Å². The second kappa shape index (κ2) is 6.81. The van der Waals surface area contributed by atoms with E-state index < -0.39 is 0 Å². The zero-order chi connectivity index (χ0) is 15.4. The molecule has 2 aromatic heterocycles. The van der Waals surface area contributed by atoms with E-state index in [1.54, 1.807) is 13.3 Å². The van der Waals surface area contributed by atoms with Crippen molar-refractivity contribution >= 4 is 10.9 Å². The lowest BCUT2D eigenvalue weighted by Crippen LogP contribution is -2.20. The molecular weight excluding hydrogens is 278 g/mol. The zero-order valence-corrected chi connectivity index (χ0v) is 13.1. The molecule has 118 valence electrons. The molecule has 2 heterocycles. The third-order valence-corrected chi connectivity index (χ3v) is 4.28. The van der Waals surface area contributed by atoms with Gasteiger partial charge in [-0.05, 0) is 38.2 Å². The fourth-order valence-electron chi connectivity index (χ4n) is 2.97. The van der Waals surface area contributed by atoms with Gasteiger partial charge in [0.15, 0.2) is 0 Å². The van der Waals surface area contributed by atoms with Gasteiger partial charge in [-0.3, -0.25) is 5.10 Å². The summed E-state index contributed by atoms with van der Waals surface area (Å²) in [5.41, 5.74) is 1.94. The first kappa shape index (κ1) is 14.9. The highest BCUT2D eigenvalue weighted by atomic mass is 16.5. The lowest BCUT2D eigenvalue weighted by molar-refractivity contribution is 0.151. The number of nitrogens with one attached hydrogen (secondary N) is 1. The van der Waals surface area contributed by atoms with Crippen molar-refractivity contribution in [1.29, 1.82) is 0 Å². The van der Waals surface area contributed by atoms with Gasteiger partial charge in [0.25, 0.3) is 0 Å². The summed E-state index contributed by atoms with van der Waals surface area (Å²) in [6.45, 7) is 3.87. The Bertz CT molecular complexity index is 644. The average Bonchev–Trinajstić information content (AvgIpc) is 2.98. The van der Waals surface area contributed by atoms with Gasteiger partial charge in [0.2, 0.25) is 5.88 Å². The van der Waals surface area contributed by atoms with Crippen LogP contribution < -0.4 is 4.74 Å². The maximum Gasteiger partial charge on any atom is 0.225 e. The van der Waals surface area contributed by atoms with Crippen molar-refractivity contribution in [2.24, 2.45) is 0 Å². The predicted octanol–water partition coefficient (Wildman–Crippen LogP) is 3.76. The van der Waals surface area contributed by atoms with Crippen LogP contribution in [0, 0.1) is 0 Å². The number of hydrogen-bond donors (Lipinski definition) is 1. The molecule has 0 radical (unpaired) electrons. The summed E-state index contributed by atoms with van der Waals surface area (Å²) >= 11 is 0. The maximum absolute atomic E-state index is 6.18. The number of ether oxygens (including phenoxy) is 2. The van der Waals surface area contributed by atoms with Crippen LogP contribution >= 0.6 is 0 Å². The molecule has 1 aliphatic rings. The molecule has 1 saturated carbocycles. The highest BCUT2D eigenvalue weighted by Crippen LogP contribution is 2.29. The first-order chi connectivity index (χ1) is 10.8. The molecule has 5 nitrogen and oxygen atoms in total. The Labute approximate surface area is 130 Å². The second-order valence-corrected chi connectivity index (χ2v) is 5.83. The number of nitrogens with zero attached hydrogens (tertiary/aromatic N) is 2. The van der Waals surface area contributed by atoms with E-state index in [0.29, 0.717) is 5.88 Å². The molecule has 1 aliphatic carbocycles. The fraction of sp³-hybridized carbons (Fsp3) is 0.529. The molecule has 0 amide bonds. The number of aromatic amines is 1. The van der Waals surface area contributed by atoms with Gasteiger partial charge in [-0.2, -0.15) is 5.10 Å². The van der Waals surface area contributed by atoms with Gasteiger partial charge in [0.05, 0.1) is 23.8 Å². The van der Waals surface area contributed by atoms with Gasteiger partial charge < -0.3 is 9.47 Å². The number of pyridine rings is 1. The molecule has 0 unspecified atom stereocenters. The quantitative estimate of drug-likeness (QED) is 0.825. The summed E-state index contributed by atoms with van der Waals surface area (Å²) < 4.78 is 11.3. The summed E-state index contributed by atoms with van der Waals surface area (Å²) in [4.78, 5) is 4.45. The van der Waals surface area contributed by atoms with Gasteiger partial charge in [0.1, 0.15) is 6.10 Å². The molecule has 0 bridgehead atoms. The topological polar surface area (TPSA) is 60.0 Å². The molecule has 22 heavy (non-hydrogen) atoms. The Morgan fingerprint density at radius 3 is 2.95 bits per heavy atom. The first-order valence-corrected chi connectivity index (χ1v) is 7.98. The Balaban J connectivity index is 1.82. The molecule has 2 aromatic rings. The SMILES string of the molecule is C=C(CCc1[nH]nc2ccnc(OC3CCCCC3)c12)OC. The summed E-state index contributed by atoms with van der Waals surface area (Å²) in [5.74, 6) is 1.47.